The average Bonchev–Trinajstić information content (AvgIpc) is 3.34. The number of rotatable bonds is 9. The summed E-state index contributed by atoms with van der Waals surface area (Å²) in [6, 6.07) is 5.39. The minimum Gasteiger partial charge on any atom is -0.337 e. The summed E-state index contributed by atoms with van der Waals surface area (Å²) in [6.07, 6.45) is 4.91. The van der Waals surface area contributed by atoms with Gasteiger partial charge in [-0.25, -0.2) is 17.2 Å². The number of carbonyl (C=O) groups is 1. The molecule has 0 spiro atoms. The maximum absolute atomic E-state index is 14.3. The van der Waals surface area contributed by atoms with E-state index >= 15 is 0 Å². The van der Waals surface area contributed by atoms with Crippen LogP contribution in [0.25, 0.3) is 11.3 Å². The fraction of sp³-hybridized carbons (Fsp3) is 0.480. The van der Waals surface area contributed by atoms with E-state index in [0.717, 1.165) is 30.4 Å². The third kappa shape index (κ3) is 6.00. The highest BCUT2D eigenvalue weighted by Crippen LogP contribution is 2.39. The molecule has 0 bridgehead atoms. The number of likely N-dealkylation sites (N-methyl/N-ethyl adjacent to an activating group) is 1. The first kappa shape index (κ1) is 26.8. The van der Waals surface area contributed by atoms with Crippen LogP contribution in [-0.2, 0) is 22.8 Å². The molecular weight excluding hydrogens is 502 g/mol. The summed E-state index contributed by atoms with van der Waals surface area (Å²) in [7, 11) is -3.19. The summed E-state index contributed by atoms with van der Waals surface area (Å²) in [5.74, 6) is -1.68. The molecule has 2 heterocycles. The number of benzene rings is 1. The van der Waals surface area contributed by atoms with Crippen molar-refractivity contribution in [2.24, 2.45) is 5.92 Å². The van der Waals surface area contributed by atoms with Gasteiger partial charge in [-0.15, -0.1) is 5.10 Å². The third-order valence-electron chi connectivity index (χ3n) is 6.86. The number of carbonyl (C=O) groups excluding carboxylic acids is 1. The first-order chi connectivity index (χ1) is 17.6. The summed E-state index contributed by atoms with van der Waals surface area (Å²) in [5.41, 5.74) is 1.70. The number of nitrogens with zero attached hydrogens (tertiary/aromatic N) is 6. The molecule has 2 unspecified atom stereocenters. The third-order valence-corrected chi connectivity index (χ3v) is 7.78. The highest BCUT2D eigenvalue weighted by atomic mass is 32.2. The summed E-state index contributed by atoms with van der Waals surface area (Å²) in [5, 5.41) is 16.8. The largest absolute Gasteiger partial charge is 0.337 e. The maximum atomic E-state index is 14.3. The van der Waals surface area contributed by atoms with Gasteiger partial charge in [-0.05, 0) is 49.4 Å². The van der Waals surface area contributed by atoms with Crippen LogP contribution in [0.4, 0.5) is 8.78 Å². The highest BCUT2D eigenvalue weighted by molar-refractivity contribution is 7.90. The van der Waals surface area contributed by atoms with Crippen LogP contribution >= 0.6 is 0 Å². The second-order valence-electron chi connectivity index (χ2n) is 9.35. The molecule has 37 heavy (non-hydrogen) atoms. The van der Waals surface area contributed by atoms with Crippen molar-refractivity contribution in [2.75, 3.05) is 25.1 Å². The molecule has 1 aliphatic rings. The van der Waals surface area contributed by atoms with Gasteiger partial charge in [-0.3, -0.25) is 4.79 Å². The Hall–Kier alpha value is -3.28. The Labute approximate surface area is 214 Å². The molecule has 4 rings (SSSR count). The van der Waals surface area contributed by atoms with Crippen LogP contribution in [0.5, 0.6) is 0 Å². The van der Waals surface area contributed by atoms with Gasteiger partial charge in [0, 0.05) is 25.3 Å². The predicted molar refractivity (Wildman–Crippen MR) is 134 cm³/mol. The Morgan fingerprint density at radius 3 is 2.57 bits per heavy atom. The second-order valence-corrected chi connectivity index (χ2v) is 11.6. The van der Waals surface area contributed by atoms with Crippen molar-refractivity contribution in [3.63, 3.8) is 0 Å². The topological polar surface area (TPSA) is 111 Å². The predicted octanol–water partition coefficient (Wildman–Crippen LogP) is 3.28. The lowest BCUT2D eigenvalue weighted by atomic mass is 9.76. The monoisotopic (exact) mass is 532 g/mol. The Kier molecular flexibility index (Phi) is 7.96. The molecule has 198 valence electrons. The fourth-order valence-corrected chi connectivity index (χ4v) is 5.31. The van der Waals surface area contributed by atoms with Crippen LogP contribution in [0, 0.1) is 17.6 Å². The molecule has 0 N–H and O–H groups in total. The van der Waals surface area contributed by atoms with Gasteiger partial charge in [-0.1, -0.05) is 19.4 Å². The van der Waals surface area contributed by atoms with Crippen molar-refractivity contribution in [2.45, 2.75) is 45.6 Å². The standard InChI is InChI=1S/C25H30F2N6O3S/c1-4-16-9-10-17-13-21(23-19(26)7-6-8-20(23)27)29-30-24(17)18(16)15-32(5-2)25(34)22-14-28-33(31-22)11-12-37(3,35)36/h6-8,13-14,16,18H,4-5,9-12,15H2,1-3H3. The molecule has 0 fully saturated rings. The Bertz CT molecular complexity index is 1370. The molecule has 2 atom stereocenters. The van der Waals surface area contributed by atoms with Crippen molar-refractivity contribution in [1.82, 2.24) is 30.1 Å². The van der Waals surface area contributed by atoms with Crippen LogP contribution in [0.2, 0.25) is 0 Å². The molecule has 9 nitrogen and oxygen atoms in total. The van der Waals surface area contributed by atoms with Crippen molar-refractivity contribution >= 4 is 15.7 Å². The number of aryl methyl sites for hydroxylation is 2. The van der Waals surface area contributed by atoms with Gasteiger partial charge in [0.05, 0.1) is 35.4 Å². The van der Waals surface area contributed by atoms with Gasteiger partial charge in [0.2, 0.25) is 0 Å². The van der Waals surface area contributed by atoms with E-state index in [-0.39, 0.29) is 47.0 Å². The molecule has 0 radical (unpaired) electrons. The molecule has 1 aromatic carbocycles. The van der Waals surface area contributed by atoms with E-state index in [9.17, 15) is 22.0 Å². The van der Waals surface area contributed by atoms with Crippen LogP contribution in [0.1, 0.15) is 54.4 Å². The van der Waals surface area contributed by atoms with Gasteiger partial charge in [-0.2, -0.15) is 20.1 Å². The molecule has 0 aliphatic heterocycles. The van der Waals surface area contributed by atoms with Crippen LogP contribution in [-0.4, -0.2) is 69.5 Å². The van der Waals surface area contributed by atoms with Gasteiger partial charge in [0.1, 0.15) is 21.5 Å². The smallest absolute Gasteiger partial charge is 0.276 e. The van der Waals surface area contributed by atoms with Crippen molar-refractivity contribution in [3.05, 3.63) is 59.0 Å². The van der Waals surface area contributed by atoms with E-state index < -0.39 is 21.5 Å². The van der Waals surface area contributed by atoms with Crippen LogP contribution < -0.4 is 0 Å². The Morgan fingerprint density at radius 2 is 1.92 bits per heavy atom. The second kappa shape index (κ2) is 11.0. The van der Waals surface area contributed by atoms with Gasteiger partial charge >= 0.3 is 0 Å². The number of halogens is 2. The highest BCUT2D eigenvalue weighted by Gasteiger charge is 2.34. The van der Waals surface area contributed by atoms with E-state index in [1.54, 1.807) is 11.0 Å². The van der Waals surface area contributed by atoms with Crippen molar-refractivity contribution < 1.29 is 22.0 Å². The number of sulfone groups is 1. The molecular formula is C25H30F2N6O3S. The zero-order valence-electron chi connectivity index (χ0n) is 21.1. The first-order valence-corrected chi connectivity index (χ1v) is 14.3. The average molecular weight is 533 g/mol. The van der Waals surface area contributed by atoms with Gasteiger partial charge in [0.25, 0.3) is 5.91 Å². The summed E-state index contributed by atoms with van der Waals surface area (Å²) in [6.45, 7) is 4.81. The SMILES string of the molecule is CCC1CCc2cc(-c3c(F)cccc3F)nnc2C1CN(CC)C(=O)c1cnn(CCS(C)(=O)=O)n1. The fourth-order valence-electron chi connectivity index (χ4n) is 4.81. The van der Waals surface area contributed by atoms with E-state index in [0.29, 0.717) is 19.5 Å². The molecule has 1 amide bonds. The molecule has 3 aromatic rings. The lowest BCUT2D eigenvalue weighted by Crippen LogP contribution is -2.38. The summed E-state index contributed by atoms with van der Waals surface area (Å²) in [4.78, 5) is 16.1. The molecule has 2 aromatic heterocycles. The minimum absolute atomic E-state index is 0.0622. The van der Waals surface area contributed by atoms with Crippen molar-refractivity contribution in [1.29, 1.82) is 0 Å². The van der Waals surface area contributed by atoms with Gasteiger partial charge in [0.15, 0.2) is 5.69 Å². The first-order valence-electron chi connectivity index (χ1n) is 12.3. The van der Waals surface area contributed by atoms with E-state index in [1.807, 2.05) is 6.92 Å². The maximum Gasteiger partial charge on any atom is 0.276 e. The number of hydrogen-bond donors (Lipinski definition) is 0. The summed E-state index contributed by atoms with van der Waals surface area (Å²) >= 11 is 0. The Balaban J connectivity index is 1.58. The number of hydrogen-bond acceptors (Lipinski definition) is 7. The van der Waals surface area contributed by atoms with Gasteiger partial charge < -0.3 is 4.90 Å². The number of fused-ring (bicyclic) bond motifs is 1. The van der Waals surface area contributed by atoms with Crippen LogP contribution in [0.3, 0.4) is 0 Å². The molecule has 0 saturated carbocycles. The van der Waals surface area contributed by atoms with E-state index in [4.69, 9.17) is 0 Å². The zero-order valence-corrected chi connectivity index (χ0v) is 21.9. The lowest BCUT2D eigenvalue weighted by Gasteiger charge is -2.35. The Morgan fingerprint density at radius 1 is 1.19 bits per heavy atom. The zero-order chi connectivity index (χ0) is 26.7. The number of amides is 1. The van der Waals surface area contributed by atoms with Crippen LogP contribution in [0.15, 0.2) is 30.5 Å². The van der Waals surface area contributed by atoms with Crippen molar-refractivity contribution in [3.8, 4) is 11.3 Å². The lowest BCUT2D eigenvalue weighted by molar-refractivity contribution is 0.0729. The van der Waals surface area contributed by atoms with E-state index in [1.165, 1.54) is 29.2 Å². The summed E-state index contributed by atoms with van der Waals surface area (Å²) < 4.78 is 51.5. The molecule has 1 aliphatic carbocycles. The van der Waals surface area contributed by atoms with E-state index in [2.05, 4.69) is 27.3 Å². The quantitative estimate of drug-likeness (QED) is 0.416. The molecule has 0 saturated heterocycles. The molecule has 12 heteroatoms. The minimum atomic E-state index is -3.19. The number of aromatic nitrogens is 5. The normalized spacial score (nSPS) is 17.4.